The lowest BCUT2D eigenvalue weighted by Gasteiger charge is -2.11. The molecule has 0 aliphatic heterocycles. The van der Waals surface area contributed by atoms with Gasteiger partial charge >= 0.3 is 0 Å². The summed E-state index contributed by atoms with van der Waals surface area (Å²) in [4.78, 5) is 14.3. The second-order valence-electron chi connectivity index (χ2n) is 4.19. The van der Waals surface area contributed by atoms with Crippen LogP contribution in [0, 0.1) is 17.0 Å². The average Bonchev–Trinajstić information content (AvgIpc) is 2.41. The van der Waals surface area contributed by atoms with E-state index in [0.29, 0.717) is 11.3 Å². The summed E-state index contributed by atoms with van der Waals surface area (Å²) in [5.41, 5.74) is 1.09. The summed E-state index contributed by atoms with van der Waals surface area (Å²) >= 11 is 3.31. The number of halogens is 1. The first kappa shape index (κ1) is 14.2. The number of hydrogen-bond donors (Lipinski definition) is 0. The van der Waals surface area contributed by atoms with Crippen LogP contribution in [0.15, 0.2) is 45.9 Å². The van der Waals surface area contributed by atoms with E-state index in [1.54, 1.807) is 25.1 Å². The van der Waals surface area contributed by atoms with E-state index in [9.17, 15) is 15.2 Å². The first-order valence-electron chi connectivity index (χ1n) is 5.73. The van der Waals surface area contributed by atoms with Crippen LogP contribution in [0.1, 0.15) is 11.1 Å². The van der Waals surface area contributed by atoms with E-state index in [2.05, 4.69) is 20.9 Å². The van der Waals surface area contributed by atoms with Gasteiger partial charge in [0.25, 0.3) is 5.69 Å². The van der Waals surface area contributed by atoms with E-state index in [-0.39, 0.29) is 5.56 Å². The molecule has 0 amide bonds. The van der Waals surface area contributed by atoms with Crippen molar-refractivity contribution in [2.75, 3.05) is 0 Å². The minimum absolute atomic E-state index is 0.208. The highest BCUT2D eigenvalue weighted by Gasteiger charge is 2.10. The molecule has 20 heavy (non-hydrogen) atoms. The summed E-state index contributed by atoms with van der Waals surface area (Å²) in [6.07, 6.45) is 1.35. The fraction of sp³-hybridized carbons (Fsp3) is 0.0714. The number of nitrogens with zero attached hydrogens (tertiary/aromatic N) is 2. The maximum atomic E-state index is 11.9. The topological polar surface area (TPSA) is 78.6 Å². The quantitative estimate of drug-likeness (QED) is 0.490. The summed E-state index contributed by atoms with van der Waals surface area (Å²) in [7, 11) is 0. The van der Waals surface area contributed by atoms with Crippen LogP contribution in [-0.2, 0) is 0 Å². The van der Waals surface area contributed by atoms with Crippen LogP contribution in [0.5, 0.6) is 5.75 Å². The fourth-order valence-corrected chi connectivity index (χ4v) is 1.95. The van der Waals surface area contributed by atoms with E-state index in [0.717, 1.165) is 4.47 Å². The maximum Gasteiger partial charge on any atom is 0.262 e. The van der Waals surface area contributed by atoms with Crippen LogP contribution in [0.25, 0.3) is 0 Å². The number of aliphatic imine (C=N–C) groups is 1. The smallest absolute Gasteiger partial charge is 0.262 e. The molecule has 0 unspecified atom stereocenters. The molecule has 0 heterocycles. The summed E-state index contributed by atoms with van der Waals surface area (Å²) in [5, 5.41) is 22.7. The van der Waals surface area contributed by atoms with Crippen LogP contribution >= 0.6 is 15.9 Å². The van der Waals surface area contributed by atoms with E-state index in [1.807, 2.05) is 12.1 Å². The summed E-state index contributed by atoms with van der Waals surface area (Å²) < 4.78 is 0.923. The van der Waals surface area contributed by atoms with Crippen molar-refractivity contribution < 1.29 is 10.0 Å². The molecule has 5 nitrogen and oxygen atoms in total. The standard InChI is InChI=1S/C14H11BrN2O3/c1-9-6-10(14(18)13(7-9)17(19)20)8-16-12-4-2-11(15)3-5-12/h2-8,18H,1H3/p-1. The second-order valence-corrected chi connectivity index (χ2v) is 5.11. The van der Waals surface area contributed by atoms with Crippen molar-refractivity contribution in [3.63, 3.8) is 0 Å². The van der Waals surface area contributed by atoms with E-state index in [4.69, 9.17) is 0 Å². The summed E-state index contributed by atoms with van der Waals surface area (Å²) in [6.45, 7) is 1.70. The molecular formula is C14H10BrN2O3-. The highest BCUT2D eigenvalue weighted by Crippen LogP contribution is 2.28. The Morgan fingerprint density at radius 3 is 2.50 bits per heavy atom. The van der Waals surface area contributed by atoms with Crippen molar-refractivity contribution in [1.82, 2.24) is 0 Å². The van der Waals surface area contributed by atoms with Crippen molar-refractivity contribution in [1.29, 1.82) is 0 Å². The number of nitro benzene ring substituents is 1. The van der Waals surface area contributed by atoms with Gasteiger partial charge in [0.2, 0.25) is 0 Å². The molecule has 2 aromatic carbocycles. The predicted molar refractivity (Wildman–Crippen MR) is 78.7 cm³/mol. The number of nitro groups is 1. The number of hydrogen-bond acceptors (Lipinski definition) is 4. The Kier molecular flexibility index (Phi) is 4.14. The summed E-state index contributed by atoms with van der Waals surface area (Å²) in [5.74, 6) is -0.624. The highest BCUT2D eigenvalue weighted by atomic mass is 79.9. The first-order valence-corrected chi connectivity index (χ1v) is 6.52. The molecule has 0 saturated carbocycles. The third-order valence-corrected chi connectivity index (χ3v) is 3.15. The minimum atomic E-state index is -0.674. The summed E-state index contributed by atoms with van der Waals surface area (Å²) in [6, 6.07) is 10.0. The molecule has 0 spiro atoms. The Labute approximate surface area is 123 Å². The van der Waals surface area contributed by atoms with Gasteiger partial charge in [0.1, 0.15) is 0 Å². The van der Waals surface area contributed by atoms with Crippen molar-refractivity contribution in [3.05, 3.63) is 62.1 Å². The molecule has 102 valence electrons. The Morgan fingerprint density at radius 1 is 1.25 bits per heavy atom. The molecule has 2 rings (SSSR count). The molecule has 6 heteroatoms. The van der Waals surface area contributed by atoms with Gasteiger partial charge in [-0.1, -0.05) is 22.0 Å². The molecule has 0 fully saturated rings. The van der Waals surface area contributed by atoms with E-state index >= 15 is 0 Å². The Balaban J connectivity index is 2.38. The zero-order valence-electron chi connectivity index (χ0n) is 10.5. The molecule has 0 aromatic heterocycles. The molecule has 0 bridgehead atoms. The van der Waals surface area contributed by atoms with Crippen molar-refractivity contribution in [2.24, 2.45) is 4.99 Å². The van der Waals surface area contributed by atoms with E-state index in [1.165, 1.54) is 12.3 Å². The molecule has 0 atom stereocenters. The zero-order valence-corrected chi connectivity index (χ0v) is 12.1. The van der Waals surface area contributed by atoms with Crippen molar-refractivity contribution in [3.8, 4) is 5.75 Å². The van der Waals surface area contributed by atoms with Gasteiger partial charge in [-0.15, -0.1) is 0 Å². The Bertz CT molecular complexity index is 682. The van der Waals surface area contributed by atoms with E-state index < -0.39 is 16.4 Å². The van der Waals surface area contributed by atoms with Gasteiger partial charge in [-0.2, -0.15) is 0 Å². The van der Waals surface area contributed by atoms with Crippen LogP contribution < -0.4 is 5.11 Å². The first-order chi connectivity index (χ1) is 9.47. The predicted octanol–water partition coefficient (Wildman–Crippen LogP) is 3.49. The molecule has 0 radical (unpaired) electrons. The Hall–Kier alpha value is -2.21. The minimum Gasteiger partial charge on any atom is -0.867 e. The lowest BCUT2D eigenvalue weighted by atomic mass is 10.1. The molecule has 2 aromatic rings. The zero-order chi connectivity index (χ0) is 14.7. The van der Waals surface area contributed by atoms with Crippen molar-refractivity contribution >= 4 is 33.5 Å². The lowest BCUT2D eigenvalue weighted by molar-refractivity contribution is -0.398. The average molecular weight is 334 g/mol. The van der Waals surface area contributed by atoms with Gasteiger partial charge in [0, 0.05) is 16.8 Å². The number of rotatable bonds is 3. The van der Waals surface area contributed by atoms with Crippen molar-refractivity contribution in [2.45, 2.75) is 6.92 Å². The number of benzene rings is 2. The molecule has 0 aliphatic rings. The normalized spacial score (nSPS) is 10.9. The van der Waals surface area contributed by atoms with Gasteiger partial charge in [-0.05, 0) is 48.1 Å². The van der Waals surface area contributed by atoms with Gasteiger partial charge in [0.15, 0.2) is 0 Å². The van der Waals surface area contributed by atoms with Crippen LogP contribution in [0.4, 0.5) is 11.4 Å². The van der Waals surface area contributed by atoms with Gasteiger partial charge in [-0.3, -0.25) is 15.1 Å². The third-order valence-electron chi connectivity index (χ3n) is 2.62. The van der Waals surface area contributed by atoms with Crippen LogP contribution in [-0.4, -0.2) is 11.1 Å². The SMILES string of the molecule is Cc1cc(C=Nc2ccc(Br)cc2)c([O-])c([N+](=O)[O-])c1. The maximum absolute atomic E-state index is 11.9. The largest absolute Gasteiger partial charge is 0.867 e. The fourth-order valence-electron chi connectivity index (χ4n) is 1.68. The molecule has 0 N–H and O–H groups in total. The van der Waals surface area contributed by atoms with Gasteiger partial charge in [0.05, 0.1) is 10.6 Å². The van der Waals surface area contributed by atoms with Gasteiger partial charge < -0.3 is 5.11 Å². The van der Waals surface area contributed by atoms with Crippen LogP contribution in [0.2, 0.25) is 0 Å². The highest BCUT2D eigenvalue weighted by molar-refractivity contribution is 9.10. The molecular weight excluding hydrogens is 324 g/mol. The number of aryl methyl sites for hydroxylation is 1. The second kappa shape index (κ2) is 5.83. The van der Waals surface area contributed by atoms with Gasteiger partial charge in [-0.25, -0.2) is 0 Å². The Morgan fingerprint density at radius 2 is 1.90 bits per heavy atom. The molecule has 0 saturated heterocycles. The monoisotopic (exact) mass is 333 g/mol. The third kappa shape index (κ3) is 3.21. The van der Waals surface area contributed by atoms with Crippen LogP contribution in [0.3, 0.4) is 0 Å². The lowest BCUT2D eigenvalue weighted by Crippen LogP contribution is -2.02. The molecule has 0 aliphatic carbocycles.